The van der Waals surface area contributed by atoms with E-state index in [-0.39, 0.29) is 0 Å². The molecule has 1 aromatic rings. The van der Waals surface area contributed by atoms with E-state index in [1.54, 1.807) is 19.4 Å². The standard InChI is InChI=1S/C12H15NO2/c1-3-4-9-15-13-10-11-7-5-6-8-12(11)14-2/h3,5-8,10H,1,4,9H2,2H3. The summed E-state index contributed by atoms with van der Waals surface area (Å²) < 4.78 is 5.16. The zero-order chi connectivity index (χ0) is 10.9. The zero-order valence-electron chi connectivity index (χ0n) is 8.85. The lowest BCUT2D eigenvalue weighted by atomic mass is 10.2. The van der Waals surface area contributed by atoms with E-state index in [9.17, 15) is 0 Å². The molecular formula is C12H15NO2. The fourth-order valence-electron chi connectivity index (χ4n) is 1.06. The second-order valence-electron chi connectivity index (χ2n) is 2.89. The van der Waals surface area contributed by atoms with Gasteiger partial charge in [-0.05, 0) is 12.1 Å². The molecule has 0 saturated heterocycles. The van der Waals surface area contributed by atoms with Gasteiger partial charge in [0.2, 0.25) is 0 Å². The number of rotatable bonds is 6. The molecule has 80 valence electrons. The van der Waals surface area contributed by atoms with Crippen molar-refractivity contribution in [2.45, 2.75) is 6.42 Å². The van der Waals surface area contributed by atoms with Gasteiger partial charge in [0.1, 0.15) is 12.4 Å². The monoisotopic (exact) mass is 205 g/mol. The van der Waals surface area contributed by atoms with Crippen molar-refractivity contribution >= 4 is 6.21 Å². The Morgan fingerprint density at radius 1 is 1.40 bits per heavy atom. The molecule has 1 rings (SSSR count). The summed E-state index contributed by atoms with van der Waals surface area (Å²) in [6, 6.07) is 7.63. The Balaban J connectivity index is 2.51. The number of methoxy groups -OCH3 is 1. The third kappa shape index (κ3) is 3.85. The third-order valence-electron chi connectivity index (χ3n) is 1.82. The molecule has 0 radical (unpaired) electrons. The number of para-hydroxylation sites is 1. The predicted octanol–water partition coefficient (Wildman–Crippen LogP) is 2.62. The van der Waals surface area contributed by atoms with Crippen LogP contribution in [0.25, 0.3) is 0 Å². The molecule has 0 unspecified atom stereocenters. The second-order valence-corrected chi connectivity index (χ2v) is 2.89. The van der Waals surface area contributed by atoms with Crippen LogP contribution in [0.1, 0.15) is 12.0 Å². The van der Waals surface area contributed by atoms with Gasteiger partial charge in [-0.2, -0.15) is 0 Å². The number of nitrogens with zero attached hydrogens (tertiary/aromatic N) is 1. The van der Waals surface area contributed by atoms with Crippen LogP contribution >= 0.6 is 0 Å². The molecule has 0 amide bonds. The van der Waals surface area contributed by atoms with Crippen LogP contribution in [0.3, 0.4) is 0 Å². The van der Waals surface area contributed by atoms with E-state index in [1.807, 2.05) is 24.3 Å². The van der Waals surface area contributed by atoms with Gasteiger partial charge in [-0.3, -0.25) is 0 Å². The minimum Gasteiger partial charge on any atom is -0.496 e. The average molecular weight is 205 g/mol. The Morgan fingerprint density at radius 3 is 2.93 bits per heavy atom. The topological polar surface area (TPSA) is 30.8 Å². The minimum atomic E-state index is 0.551. The van der Waals surface area contributed by atoms with Crippen molar-refractivity contribution in [2.24, 2.45) is 5.16 Å². The summed E-state index contributed by atoms with van der Waals surface area (Å²) in [7, 11) is 1.63. The minimum absolute atomic E-state index is 0.551. The molecule has 0 spiro atoms. The molecule has 0 N–H and O–H groups in total. The van der Waals surface area contributed by atoms with Gasteiger partial charge < -0.3 is 9.57 Å². The van der Waals surface area contributed by atoms with Crippen molar-refractivity contribution in [3.8, 4) is 5.75 Å². The van der Waals surface area contributed by atoms with E-state index in [4.69, 9.17) is 9.57 Å². The van der Waals surface area contributed by atoms with Gasteiger partial charge in [-0.15, -0.1) is 6.58 Å². The van der Waals surface area contributed by atoms with Crippen molar-refractivity contribution in [1.29, 1.82) is 0 Å². The zero-order valence-corrected chi connectivity index (χ0v) is 8.85. The fraction of sp³-hybridized carbons (Fsp3) is 0.250. The molecule has 0 aliphatic heterocycles. The highest BCUT2D eigenvalue weighted by Gasteiger charge is 1.96. The quantitative estimate of drug-likeness (QED) is 0.309. The Kier molecular flexibility index (Phi) is 5.01. The van der Waals surface area contributed by atoms with Gasteiger partial charge >= 0.3 is 0 Å². The maximum absolute atomic E-state index is 5.16. The van der Waals surface area contributed by atoms with Crippen LogP contribution in [0, 0.1) is 0 Å². The van der Waals surface area contributed by atoms with E-state index in [1.165, 1.54) is 0 Å². The van der Waals surface area contributed by atoms with Crippen LogP contribution in [0.4, 0.5) is 0 Å². The molecule has 0 bridgehead atoms. The molecule has 0 atom stereocenters. The molecule has 1 aromatic carbocycles. The van der Waals surface area contributed by atoms with Crippen molar-refractivity contribution in [3.05, 3.63) is 42.5 Å². The smallest absolute Gasteiger partial charge is 0.127 e. The summed E-state index contributed by atoms with van der Waals surface area (Å²) in [5.74, 6) is 0.786. The molecule has 3 heteroatoms. The first-order valence-corrected chi connectivity index (χ1v) is 4.77. The molecule has 0 saturated carbocycles. The van der Waals surface area contributed by atoms with Crippen LogP contribution in [0.15, 0.2) is 42.1 Å². The van der Waals surface area contributed by atoms with Crippen molar-refractivity contribution in [1.82, 2.24) is 0 Å². The van der Waals surface area contributed by atoms with Crippen molar-refractivity contribution < 1.29 is 9.57 Å². The summed E-state index contributed by atoms with van der Waals surface area (Å²) in [4.78, 5) is 5.02. The maximum Gasteiger partial charge on any atom is 0.127 e. The normalized spacial score (nSPS) is 10.2. The highest BCUT2D eigenvalue weighted by atomic mass is 16.6. The lowest BCUT2D eigenvalue weighted by Crippen LogP contribution is -1.91. The van der Waals surface area contributed by atoms with Gasteiger partial charge in [-0.25, -0.2) is 0 Å². The molecule has 15 heavy (non-hydrogen) atoms. The third-order valence-corrected chi connectivity index (χ3v) is 1.82. The number of benzene rings is 1. The van der Waals surface area contributed by atoms with E-state index in [2.05, 4.69) is 11.7 Å². The molecule has 3 nitrogen and oxygen atoms in total. The lowest BCUT2D eigenvalue weighted by Gasteiger charge is -2.02. The van der Waals surface area contributed by atoms with Crippen LogP contribution < -0.4 is 4.74 Å². The summed E-state index contributed by atoms with van der Waals surface area (Å²) in [6.07, 6.45) is 4.23. The van der Waals surface area contributed by atoms with Crippen LogP contribution in [0.2, 0.25) is 0 Å². The first-order valence-electron chi connectivity index (χ1n) is 4.77. The van der Waals surface area contributed by atoms with Crippen LogP contribution in [0.5, 0.6) is 5.75 Å². The van der Waals surface area contributed by atoms with Gasteiger partial charge in [0.05, 0.1) is 13.3 Å². The largest absolute Gasteiger partial charge is 0.496 e. The predicted molar refractivity (Wildman–Crippen MR) is 61.4 cm³/mol. The summed E-state index contributed by atoms with van der Waals surface area (Å²) in [5.41, 5.74) is 0.901. The Hall–Kier alpha value is -1.77. The summed E-state index contributed by atoms with van der Waals surface area (Å²) in [6.45, 7) is 4.14. The van der Waals surface area contributed by atoms with Gasteiger partial charge in [0, 0.05) is 12.0 Å². The SMILES string of the molecule is C=CCCON=Cc1ccccc1OC. The lowest BCUT2D eigenvalue weighted by molar-refractivity contribution is 0.151. The number of hydrogen-bond acceptors (Lipinski definition) is 3. The molecule has 0 aliphatic carbocycles. The van der Waals surface area contributed by atoms with E-state index < -0.39 is 0 Å². The van der Waals surface area contributed by atoms with E-state index in [0.717, 1.165) is 17.7 Å². The first kappa shape index (κ1) is 11.3. The first-order chi connectivity index (χ1) is 7.38. The molecule has 0 aromatic heterocycles. The van der Waals surface area contributed by atoms with Crippen LogP contribution in [-0.2, 0) is 4.84 Å². The number of ether oxygens (including phenoxy) is 1. The summed E-state index contributed by atoms with van der Waals surface area (Å²) >= 11 is 0. The molecule has 0 fully saturated rings. The van der Waals surface area contributed by atoms with Gasteiger partial charge in [-0.1, -0.05) is 23.4 Å². The molecular weight excluding hydrogens is 190 g/mol. The second kappa shape index (κ2) is 6.65. The van der Waals surface area contributed by atoms with Gasteiger partial charge in [0.15, 0.2) is 0 Å². The van der Waals surface area contributed by atoms with Crippen molar-refractivity contribution in [2.75, 3.05) is 13.7 Å². The fourth-order valence-corrected chi connectivity index (χ4v) is 1.06. The molecule has 0 aliphatic rings. The Bertz CT molecular complexity index is 334. The highest BCUT2D eigenvalue weighted by molar-refractivity contribution is 5.82. The summed E-state index contributed by atoms with van der Waals surface area (Å²) in [5, 5.41) is 3.83. The maximum atomic E-state index is 5.16. The van der Waals surface area contributed by atoms with E-state index >= 15 is 0 Å². The van der Waals surface area contributed by atoms with Crippen LogP contribution in [-0.4, -0.2) is 19.9 Å². The van der Waals surface area contributed by atoms with E-state index in [0.29, 0.717) is 6.61 Å². The average Bonchev–Trinajstić information content (AvgIpc) is 2.29. The van der Waals surface area contributed by atoms with Gasteiger partial charge in [0.25, 0.3) is 0 Å². The Labute approximate surface area is 90.0 Å². The molecule has 0 heterocycles. The Morgan fingerprint density at radius 2 is 2.20 bits per heavy atom. The van der Waals surface area contributed by atoms with Crippen molar-refractivity contribution in [3.63, 3.8) is 0 Å². The number of oxime groups is 1. The number of hydrogen-bond donors (Lipinski definition) is 0. The highest BCUT2D eigenvalue weighted by Crippen LogP contribution is 2.14.